The van der Waals surface area contributed by atoms with E-state index in [0.717, 1.165) is 16.7 Å². The molecule has 2 aromatic rings. The second kappa shape index (κ2) is 5.21. The Balaban J connectivity index is 1.99. The topological polar surface area (TPSA) is 20.3 Å². The highest BCUT2D eigenvalue weighted by Gasteiger charge is 2.41. The zero-order chi connectivity index (χ0) is 14.9. The number of hydrogen-bond acceptors (Lipinski definition) is 1. The zero-order valence-corrected chi connectivity index (χ0v) is 12.4. The average molecular weight is 277 g/mol. The minimum atomic E-state index is -0.377. The molecule has 0 saturated heterocycles. The molecule has 0 N–H and O–H groups in total. The van der Waals surface area contributed by atoms with Crippen LogP contribution in [0.3, 0.4) is 0 Å². The van der Waals surface area contributed by atoms with Gasteiger partial charge in [0.15, 0.2) is 0 Å². The van der Waals surface area contributed by atoms with Gasteiger partial charge in [0.25, 0.3) is 5.91 Å². The lowest BCUT2D eigenvalue weighted by Crippen LogP contribution is -2.41. The van der Waals surface area contributed by atoms with Crippen LogP contribution in [0, 0.1) is 0 Å². The summed E-state index contributed by atoms with van der Waals surface area (Å²) in [7, 11) is 0. The van der Waals surface area contributed by atoms with Crippen molar-refractivity contribution in [3.8, 4) is 0 Å². The summed E-state index contributed by atoms with van der Waals surface area (Å²) in [6.07, 6.45) is 2.08. The van der Waals surface area contributed by atoms with Crippen LogP contribution in [0.2, 0.25) is 0 Å². The molecule has 1 aliphatic heterocycles. The Hall–Kier alpha value is -2.35. The molecule has 2 heteroatoms. The van der Waals surface area contributed by atoms with Gasteiger partial charge >= 0.3 is 0 Å². The molecule has 1 aliphatic rings. The fraction of sp³-hybridized carbons (Fsp3) is 0.211. The first-order valence-electron chi connectivity index (χ1n) is 7.22. The summed E-state index contributed by atoms with van der Waals surface area (Å²) in [6, 6.07) is 20.4. The molecule has 2 aromatic carbocycles. The van der Waals surface area contributed by atoms with E-state index in [1.54, 1.807) is 0 Å². The van der Waals surface area contributed by atoms with E-state index in [4.69, 9.17) is 0 Å². The number of rotatable bonds is 3. The van der Waals surface area contributed by atoms with Gasteiger partial charge in [0.2, 0.25) is 0 Å². The maximum atomic E-state index is 12.6. The van der Waals surface area contributed by atoms with E-state index in [2.05, 4.69) is 37.3 Å². The molecule has 1 heterocycles. The standard InChI is InChI=1S/C19H19NO/c1-15-13-19(2,17-11-7-4-8-12-17)20(18(15)21)14-16-9-5-3-6-10-16/h3-13H,14H2,1-2H3. The van der Waals surface area contributed by atoms with Gasteiger partial charge in [0, 0.05) is 12.1 Å². The molecule has 1 unspecified atom stereocenters. The van der Waals surface area contributed by atoms with Gasteiger partial charge in [-0.1, -0.05) is 60.7 Å². The van der Waals surface area contributed by atoms with Crippen molar-refractivity contribution in [3.63, 3.8) is 0 Å². The van der Waals surface area contributed by atoms with E-state index in [9.17, 15) is 4.79 Å². The molecule has 0 radical (unpaired) electrons. The van der Waals surface area contributed by atoms with E-state index >= 15 is 0 Å². The summed E-state index contributed by atoms with van der Waals surface area (Å²) >= 11 is 0. The third-order valence-corrected chi connectivity index (χ3v) is 4.18. The lowest BCUT2D eigenvalue weighted by atomic mass is 9.91. The van der Waals surface area contributed by atoms with Crippen molar-refractivity contribution < 1.29 is 4.79 Å². The molecule has 3 rings (SSSR count). The Morgan fingerprint density at radius 1 is 0.952 bits per heavy atom. The van der Waals surface area contributed by atoms with Crippen LogP contribution in [0.4, 0.5) is 0 Å². The van der Waals surface area contributed by atoms with Gasteiger partial charge in [-0.25, -0.2) is 0 Å². The highest BCUT2D eigenvalue weighted by atomic mass is 16.2. The van der Waals surface area contributed by atoms with Gasteiger partial charge < -0.3 is 4.90 Å². The first-order valence-corrected chi connectivity index (χ1v) is 7.22. The van der Waals surface area contributed by atoms with Gasteiger partial charge in [-0.3, -0.25) is 4.79 Å². The van der Waals surface area contributed by atoms with Gasteiger partial charge in [-0.15, -0.1) is 0 Å². The molecule has 0 aliphatic carbocycles. The molecule has 106 valence electrons. The van der Waals surface area contributed by atoms with Crippen molar-refractivity contribution in [1.82, 2.24) is 4.90 Å². The fourth-order valence-electron chi connectivity index (χ4n) is 3.00. The molecule has 2 nitrogen and oxygen atoms in total. The molecule has 1 atom stereocenters. The first-order chi connectivity index (χ1) is 10.1. The predicted octanol–water partition coefficient (Wildman–Crippen LogP) is 3.89. The van der Waals surface area contributed by atoms with Crippen LogP contribution in [-0.2, 0) is 16.9 Å². The quantitative estimate of drug-likeness (QED) is 0.833. The predicted molar refractivity (Wildman–Crippen MR) is 84.5 cm³/mol. The zero-order valence-electron chi connectivity index (χ0n) is 12.4. The van der Waals surface area contributed by atoms with Crippen molar-refractivity contribution in [1.29, 1.82) is 0 Å². The van der Waals surface area contributed by atoms with Crippen LogP contribution < -0.4 is 0 Å². The number of nitrogens with zero attached hydrogens (tertiary/aromatic N) is 1. The number of benzene rings is 2. The highest BCUT2D eigenvalue weighted by molar-refractivity contribution is 5.96. The molecule has 1 amide bonds. The molecule has 0 bridgehead atoms. The van der Waals surface area contributed by atoms with E-state index < -0.39 is 0 Å². The van der Waals surface area contributed by atoms with Crippen molar-refractivity contribution in [3.05, 3.63) is 83.4 Å². The number of carbonyl (C=O) groups is 1. The molecular formula is C19H19NO. The van der Waals surface area contributed by atoms with Crippen molar-refractivity contribution in [2.45, 2.75) is 25.9 Å². The fourth-order valence-corrected chi connectivity index (χ4v) is 3.00. The Morgan fingerprint density at radius 2 is 1.52 bits per heavy atom. The number of amides is 1. The largest absolute Gasteiger partial charge is 0.322 e. The van der Waals surface area contributed by atoms with Crippen LogP contribution in [0.15, 0.2) is 72.3 Å². The summed E-state index contributed by atoms with van der Waals surface area (Å²) in [5.41, 5.74) is 2.73. The summed E-state index contributed by atoms with van der Waals surface area (Å²) < 4.78 is 0. The Morgan fingerprint density at radius 3 is 2.14 bits per heavy atom. The molecule has 0 aromatic heterocycles. The number of hydrogen-bond donors (Lipinski definition) is 0. The SMILES string of the molecule is CC1=CC(C)(c2ccccc2)N(Cc2ccccc2)C1=O. The molecule has 0 saturated carbocycles. The third kappa shape index (κ3) is 2.38. The summed E-state index contributed by atoms with van der Waals surface area (Å²) in [4.78, 5) is 14.5. The van der Waals surface area contributed by atoms with Crippen LogP contribution in [-0.4, -0.2) is 10.8 Å². The van der Waals surface area contributed by atoms with Crippen molar-refractivity contribution in [2.24, 2.45) is 0 Å². The van der Waals surface area contributed by atoms with Crippen molar-refractivity contribution >= 4 is 5.91 Å². The second-order valence-electron chi connectivity index (χ2n) is 5.72. The molecule has 0 fully saturated rings. The lowest BCUT2D eigenvalue weighted by Gasteiger charge is -2.35. The van der Waals surface area contributed by atoms with Gasteiger partial charge in [-0.2, -0.15) is 0 Å². The highest BCUT2D eigenvalue weighted by Crippen LogP contribution is 2.38. The van der Waals surface area contributed by atoms with Gasteiger partial charge in [0.05, 0.1) is 5.54 Å². The monoisotopic (exact) mass is 277 g/mol. The average Bonchev–Trinajstić information content (AvgIpc) is 2.74. The minimum Gasteiger partial charge on any atom is -0.322 e. The maximum absolute atomic E-state index is 12.6. The molecule has 21 heavy (non-hydrogen) atoms. The Labute approximate surface area is 125 Å². The molecular weight excluding hydrogens is 258 g/mol. The van der Waals surface area contributed by atoms with Crippen LogP contribution in [0.5, 0.6) is 0 Å². The summed E-state index contributed by atoms with van der Waals surface area (Å²) in [6.45, 7) is 4.63. The summed E-state index contributed by atoms with van der Waals surface area (Å²) in [5.74, 6) is 0.116. The Bertz CT molecular complexity index is 675. The number of carbonyl (C=O) groups excluding carboxylic acids is 1. The van der Waals surface area contributed by atoms with E-state index in [1.807, 2.05) is 48.2 Å². The Kier molecular flexibility index (Phi) is 3.38. The smallest absolute Gasteiger partial charge is 0.250 e. The minimum absolute atomic E-state index is 0.116. The van der Waals surface area contributed by atoms with E-state index in [1.165, 1.54) is 0 Å². The summed E-state index contributed by atoms with van der Waals surface area (Å²) in [5, 5.41) is 0. The van der Waals surface area contributed by atoms with Gasteiger partial charge in [-0.05, 0) is 31.1 Å². The lowest BCUT2D eigenvalue weighted by molar-refractivity contribution is -0.130. The van der Waals surface area contributed by atoms with Crippen LogP contribution in [0.25, 0.3) is 0 Å². The van der Waals surface area contributed by atoms with Crippen molar-refractivity contribution in [2.75, 3.05) is 0 Å². The van der Waals surface area contributed by atoms with Gasteiger partial charge in [0.1, 0.15) is 0 Å². The van der Waals surface area contributed by atoms with E-state index in [-0.39, 0.29) is 11.4 Å². The van der Waals surface area contributed by atoms with Crippen LogP contribution in [0.1, 0.15) is 25.0 Å². The van der Waals surface area contributed by atoms with E-state index in [0.29, 0.717) is 6.54 Å². The normalized spacial score (nSPS) is 21.5. The second-order valence-corrected chi connectivity index (χ2v) is 5.72. The maximum Gasteiger partial charge on any atom is 0.250 e. The molecule has 0 spiro atoms. The first kappa shape index (κ1) is 13.6. The van der Waals surface area contributed by atoms with Crippen LogP contribution >= 0.6 is 0 Å². The third-order valence-electron chi connectivity index (χ3n) is 4.18.